The lowest BCUT2D eigenvalue weighted by molar-refractivity contribution is -0.126. The number of carbonyl (C=O) groups excluding carboxylic acids is 1. The van der Waals surface area contributed by atoms with E-state index < -0.39 is 0 Å². The molecule has 0 aromatic rings. The summed E-state index contributed by atoms with van der Waals surface area (Å²) < 4.78 is 0. The van der Waals surface area contributed by atoms with E-state index in [-0.39, 0.29) is 5.41 Å². The summed E-state index contributed by atoms with van der Waals surface area (Å²) in [5.74, 6) is 0.386. The van der Waals surface area contributed by atoms with Crippen molar-refractivity contribution < 1.29 is 4.79 Å². The lowest BCUT2D eigenvalue weighted by atomic mass is 9.84. The summed E-state index contributed by atoms with van der Waals surface area (Å²) in [4.78, 5) is 11.6. The van der Waals surface area contributed by atoms with Gasteiger partial charge in [0.05, 0.1) is 0 Å². The zero-order chi connectivity index (χ0) is 10.7. The van der Waals surface area contributed by atoms with E-state index in [4.69, 9.17) is 0 Å². The van der Waals surface area contributed by atoms with E-state index in [1.54, 1.807) is 0 Å². The molecule has 0 amide bonds. The third-order valence-corrected chi connectivity index (χ3v) is 2.17. The lowest BCUT2D eigenvalue weighted by Crippen LogP contribution is -2.20. The standard InChI is InChI=1S/C12H24O/c1-11(2,3)9-7-8-10(13)12(4,5)6/h7-9H2,1-6H3. The summed E-state index contributed by atoms with van der Waals surface area (Å²) in [6, 6.07) is 0. The van der Waals surface area contributed by atoms with Gasteiger partial charge in [-0.3, -0.25) is 4.79 Å². The lowest BCUT2D eigenvalue weighted by Gasteiger charge is -2.20. The van der Waals surface area contributed by atoms with Crippen LogP contribution in [-0.2, 0) is 4.79 Å². The first-order valence-corrected chi connectivity index (χ1v) is 5.16. The zero-order valence-corrected chi connectivity index (χ0v) is 10.0. The first kappa shape index (κ1) is 12.7. The summed E-state index contributed by atoms with van der Waals surface area (Å²) in [7, 11) is 0. The van der Waals surface area contributed by atoms with Crippen LogP contribution in [-0.4, -0.2) is 5.78 Å². The maximum absolute atomic E-state index is 11.6. The van der Waals surface area contributed by atoms with E-state index >= 15 is 0 Å². The normalized spacial score (nSPS) is 13.1. The second-order valence-electron chi connectivity index (χ2n) is 6.09. The average molecular weight is 184 g/mol. The van der Waals surface area contributed by atoms with Crippen molar-refractivity contribution in [2.45, 2.75) is 60.8 Å². The van der Waals surface area contributed by atoms with E-state index in [1.807, 2.05) is 20.8 Å². The second-order valence-corrected chi connectivity index (χ2v) is 6.09. The Morgan fingerprint density at radius 2 is 1.46 bits per heavy atom. The van der Waals surface area contributed by atoms with Crippen molar-refractivity contribution in [2.24, 2.45) is 10.8 Å². The van der Waals surface area contributed by atoms with Gasteiger partial charge in [0.15, 0.2) is 0 Å². The summed E-state index contributed by atoms with van der Waals surface area (Å²) in [6.45, 7) is 12.6. The van der Waals surface area contributed by atoms with Crippen molar-refractivity contribution in [3.63, 3.8) is 0 Å². The highest BCUT2D eigenvalue weighted by Gasteiger charge is 2.21. The summed E-state index contributed by atoms with van der Waals surface area (Å²) >= 11 is 0. The van der Waals surface area contributed by atoms with Crippen molar-refractivity contribution in [3.8, 4) is 0 Å². The van der Waals surface area contributed by atoms with Gasteiger partial charge in [0.2, 0.25) is 0 Å². The molecule has 78 valence electrons. The molecule has 0 unspecified atom stereocenters. The highest BCUT2D eigenvalue weighted by Crippen LogP contribution is 2.24. The van der Waals surface area contributed by atoms with Crippen LogP contribution in [0, 0.1) is 10.8 Å². The molecule has 0 aromatic heterocycles. The van der Waals surface area contributed by atoms with E-state index in [0.29, 0.717) is 11.2 Å². The molecular formula is C12H24O. The Hall–Kier alpha value is -0.330. The van der Waals surface area contributed by atoms with Gasteiger partial charge in [-0.15, -0.1) is 0 Å². The first-order chi connectivity index (χ1) is 5.63. The molecule has 0 N–H and O–H groups in total. The van der Waals surface area contributed by atoms with Crippen molar-refractivity contribution in [1.29, 1.82) is 0 Å². The molecule has 0 atom stereocenters. The maximum Gasteiger partial charge on any atom is 0.138 e. The van der Waals surface area contributed by atoms with Gasteiger partial charge in [-0.05, 0) is 18.3 Å². The molecule has 0 heterocycles. The Morgan fingerprint density at radius 1 is 1.00 bits per heavy atom. The van der Waals surface area contributed by atoms with Crippen LogP contribution in [0.2, 0.25) is 0 Å². The minimum atomic E-state index is -0.155. The van der Waals surface area contributed by atoms with Crippen molar-refractivity contribution in [1.82, 2.24) is 0 Å². The van der Waals surface area contributed by atoms with Crippen LogP contribution in [0.3, 0.4) is 0 Å². The van der Waals surface area contributed by atoms with Crippen LogP contribution < -0.4 is 0 Å². The Balaban J connectivity index is 3.74. The van der Waals surface area contributed by atoms with Crippen LogP contribution in [0.5, 0.6) is 0 Å². The fraction of sp³-hybridized carbons (Fsp3) is 0.917. The largest absolute Gasteiger partial charge is 0.299 e. The molecule has 0 spiro atoms. The van der Waals surface area contributed by atoms with Crippen LogP contribution in [0.4, 0.5) is 0 Å². The fourth-order valence-electron chi connectivity index (χ4n) is 1.15. The minimum absolute atomic E-state index is 0.155. The third kappa shape index (κ3) is 6.80. The van der Waals surface area contributed by atoms with E-state index in [9.17, 15) is 4.79 Å². The van der Waals surface area contributed by atoms with Crippen LogP contribution >= 0.6 is 0 Å². The maximum atomic E-state index is 11.6. The van der Waals surface area contributed by atoms with E-state index in [1.165, 1.54) is 0 Å². The Morgan fingerprint density at radius 3 is 1.77 bits per heavy atom. The monoisotopic (exact) mass is 184 g/mol. The number of carbonyl (C=O) groups is 1. The molecule has 1 nitrogen and oxygen atoms in total. The quantitative estimate of drug-likeness (QED) is 0.651. The molecule has 0 rings (SSSR count). The van der Waals surface area contributed by atoms with Crippen LogP contribution in [0.15, 0.2) is 0 Å². The van der Waals surface area contributed by atoms with Gasteiger partial charge in [-0.2, -0.15) is 0 Å². The second kappa shape index (κ2) is 4.26. The Bertz CT molecular complexity index is 167. The molecule has 0 aliphatic carbocycles. The third-order valence-electron chi connectivity index (χ3n) is 2.17. The highest BCUT2D eigenvalue weighted by atomic mass is 16.1. The average Bonchev–Trinajstić information content (AvgIpc) is 1.82. The van der Waals surface area contributed by atoms with E-state index in [0.717, 1.165) is 19.3 Å². The number of rotatable bonds is 3. The molecule has 0 aliphatic heterocycles. The van der Waals surface area contributed by atoms with Gasteiger partial charge in [0.25, 0.3) is 0 Å². The summed E-state index contributed by atoms with van der Waals surface area (Å²) in [5.41, 5.74) is 0.204. The smallest absolute Gasteiger partial charge is 0.138 e. The first-order valence-electron chi connectivity index (χ1n) is 5.16. The minimum Gasteiger partial charge on any atom is -0.299 e. The molecule has 0 fully saturated rings. The van der Waals surface area contributed by atoms with Crippen molar-refractivity contribution in [2.75, 3.05) is 0 Å². The molecule has 0 aliphatic rings. The van der Waals surface area contributed by atoms with Gasteiger partial charge in [0, 0.05) is 11.8 Å². The highest BCUT2D eigenvalue weighted by molar-refractivity contribution is 5.83. The number of ketones is 1. The Kier molecular flexibility index (Phi) is 4.15. The Labute approximate surface area is 82.9 Å². The summed E-state index contributed by atoms with van der Waals surface area (Å²) in [6.07, 6.45) is 2.90. The van der Waals surface area contributed by atoms with Crippen molar-refractivity contribution >= 4 is 5.78 Å². The molecule has 0 radical (unpaired) electrons. The van der Waals surface area contributed by atoms with Gasteiger partial charge in [-0.1, -0.05) is 41.5 Å². The molecule has 13 heavy (non-hydrogen) atoms. The topological polar surface area (TPSA) is 17.1 Å². The number of hydrogen-bond donors (Lipinski definition) is 0. The van der Waals surface area contributed by atoms with Gasteiger partial charge in [0.1, 0.15) is 5.78 Å². The SMILES string of the molecule is CC(C)(C)CCCC(=O)C(C)(C)C. The van der Waals surface area contributed by atoms with E-state index in [2.05, 4.69) is 20.8 Å². The van der Waals surface area contributed by atoms with Gasteiger partial charge >= 0.3 is 0 Å². The number of Topliss-reactive ketones (excluding diaryl/α,β-unsaturated/α-hetero) is 1. The molecule has 0 saturated carbocycles. The predicted octanol–water partition coefficient (Wildman–Crippen LogP) is 3.82. The molecular weight excluding hydrogens is 160 g/mol. The number of hydrogen-bond acceptors (Lipinski definition) is 1. The molecule has 0 bridgehead atoms. The van der Waals surface area contributed by atoms with Gasteiger partial charge in [-0.25, -0.2) is 0 Å². The van der Waals surface area contributed by atoms with Crippen molar-refractivity contribution in [3.05, 3.63) is 0 Å². The molecule has 0 aromatic carbocycles. The summed E-state index contributed by atoms with van der Waals surface area (Å²) in [5, 5.41) is 0. The molecule has 0 saturated heterocycles. The predicted molar refractivity (Wildman–Crippen MR) is 57.8 cm³/mol. The molecule has 1 heteroatoms. The van der Waals surface area contributed by atoms with Crippen LogP contribution in [0.25, 0.3) is 0 Å². The van der Waals surface area contributed by atoms with Gasteiger partial charge < -0.3 is 0 Å². The van der Waals surface area contributed by atoms with Crippen LogP contribution in [0.1, 0.15) is 60.8 Å². The zero-order valence-electron chi connectivity index (χ0n) is 10.0. The fourth-order valence-corrected chi connectivity index (χ4v) is 1.15.